The SMILES string of the molecule is COc1cc(C(=O)c2c(C)c(C(=O)O)c3ccc(OCc4ccccc4)cn23)ccc1N. The summed E-state index contributed by atoms with van der Waals surface area (Å²) in [6.07, 6.45) is 1.64. The van der Waals surface area contributed by atoms with Crippen molar-refractivity contribution in [3.05, 3.63) is 94.8 Å². The second-order valence-electron chi connectivity index (χ2n) is 7.33. The van der Waals surface area contributed by atoms with Crippen molar-refractivity contribution in [2.24, 2.45) is 0 Å². The monoisotopic (exact) mass is 430 g/mol. The first-order valence-electron chi connectivity index (χ1n) is 9.93. The highest BCUT2D eigenvalue weighted by molar-refractivity contribution is 6.13. The number of carbonyl (C=O) groups is 2. The summed E-state index contributed by atoms with van der Waals surface area (Å²) < 4.78 is 12.7. The van der Waals surface area contributed by atoms with Crippen LogP contribution in [0.15, 0.2) is 66.9 Å². The average Bonchev–Trinajstić information content (AvgIpc) is 3.09. The molecular weight excluding hydrogens is 408 g/mol. The quantitative estimate of drug-likeness (QED) is 0.334. The van der Waals surface area contributed by atoms with Gasteiger partial charge in [0.25, 0.3) is 0 Å². The van der Waals surface area contributed by atoms with Crippen molar-refractivity contribution in [2.75, 3.05) is 12.8 Å². The number of carbonyl (C=O) groups excluding carboxylic acids is 1. The minimum Gasteiger partial charge on any atom is -0.495 e. The summed E-state index contributed by atoms with van der Waals surface area (Å²) in [5.41, 5.74) is 8.71. The topological polar surface area (TPSA) is 103 Å². The summed E-state index contributed by atoms with van der Waals surface area (Å²) >= 11 is 0. The van der Waals surface area contributed by atoms with Crippen LogP contribution in [0.1, 0.15) is 37.5 Å². The fourth-order valence-electron chi connectivity index (χ4n) is 3.73. The molecule has 4 aromatic rings. The highest BCUT2D eigenvalue weighted by Crippen LogP contribution is 2.30. The summed E-state index contributed by atoms with van der Waals surface area (Å²) in [6.45, 7) is 1.97. The first-order valence-corrected chi connectivity index (χ1v) is 9.93. The maximum atomic E-state index is 13.4. The van der Waals surface area contributed by atoms with Crippen LogP contribution < -0.4 is 15.2 Å². The van der Waals surface area contributed by atoms with Gasteiger partial charge >= 0.3 is 5.97 Å². The molecule has 32 heavy (non-hydrogen) atoms. The second-order valence-corrected chi connectivity index (χ2v) is 7.33. The predicted octanol–water partition coefficient (Wildman–Crippen LogP) is 4.35. The van der Waals surface area contributed by atoms with E-state index in [1.807, 2.05) is 30.3 Å². The number of hydrogen-bond acceptors (Lipinski definition) is 5. The lowest BCUT2D eigenvalue weighted by atomic mass is 10.0. The van der Waals surface area contributed by atoms with Crippen LogP contribution in [0.5, 0.6) is 11.5 Å². The Bertz CT molecular complexity index is 1330. The van der Waals surface area contributed by atoms with Gasteiger partial charge in [-0.3, -0.25) is 4.79 Å². The van der Waals surface area contributed by atoms with Gasteiger partial charge in [0.1, 0.15) is 18.1 Å². The number of anilines is 1. The van der Waals surface area contributed by atoms with Crippen LogP contribution in [-0.2, 0) is 6.61 Å². The van der Waals surface area contributed by atoms with Crippen LogP contribution in [0.25, 0.3) is 5.52 Å². The third kappa shape index (κ3) is 3.76. The number of ether oxygens (including phenoxy) is 2. The first-order chi connectivity index (χ1) is 15.4. The fourth-order valence-corrected chi connectivity index (χ4v) is 3.73. The van der Waals surface area contributed by atoms with Crippen molar-refractivity contribution < 1.29 is 24.2 Å². The zero-order chi connectivity index (χ0) is 22.8. The Morgan fingerprint density at radius 2 is 1.81 bits per heavy atom. The van der Waals surface area contributed by atoms with E-state index < -0.39 is 5.97 Å². The number of carboxylic acids is 1. The van der Waals surface area contributed by atoms with Crippen LogP contribution >= 0.6 is 0 Å². The third-order valence-corrected chi connectivity index (χ3v) is 5.32. The van der Waals surface area contributed by atoms with Crippen molar-refractivity contribution in [3.63, 3.8) is 0 Å². The highest BCUT2D eigenvalue weighted by atomic mass is 16.5. The van der Waals surface area contributed by atoms with Gasteiger partial charge in [-0.2, -0.15) is 0 Å². The number of nitrogens with zero attached hydrogens (tertiary/aromatic N) is 1. The molecule has 2 heterocycles. The standard InChI is InChI=1S/C25H22N2O5/c1-15-22(25(29)30)20-11-9-18(32-14-16-6-4-3-5-7-16)13-27(20)23(15)24(28)17-8-10-19(26)21(12-17)31-2/h3-13H,14,26H2,1-2H3,(H,29,30). The van der Waals surface area contributed by atoms with Gasteiger partial charge in [0, 0.05) is 5.56 Å². The Morgan fingerprint density at radius 1 is 1.06 bits per heavy atom. The van der Waals surface area contributed by atoms with E-state index >= 15 is 0 Å². The summed E-state index contributed by atoms with van der Waals surface area (Å²) in [7, 11) is 1.47. The van der Waals surface area contributed by atoms with Crippen LogP contribution in [0.4, 0.5) is 5.69 Å². The van der Waals surface area contributed by atoms with Gasteiger partial charge in [0.05, 0.1) is 35.8 Å². The number of aromatic nitrogens is 1. The van der Waals surface area contributed by atoms with Gasteiger partial charge in [0.2, 0.25) is 5.78 Å². The highest BCUT2D eigenvalue weighted by Gasteiger charge is 2.26. The number of nitrogen functional groups attached to an aromatic ring is 1. The van der Waals surface area contributed by atoms with E-state index in [0.29, 0.717) is 40.4 Å². The van der Waals surface area contributed by atoms with E-state index in [9.17, 15) is 14.7 Å². The van der Waals surface area contributed by atoms with E-state index in [0.717, 1.165) is 5.56 Å². The number of ketones is 1. The summed E-state index contributed by atoms with van der Waals surface area (Å²) in [4.78, 5) is 25.4. The van der Waals surface area contributed by atoms with Crippen molar-refractivity contribution in [1.82, 2.24) is 4.40 Å². The molecule has 0 amide bonds. The molecule has 2 aromatic heterocycles. The molecule has 162 valence electrons. The number of hydrogen-bond donors (Lipinski definition) is 2. The lowest BCUT2D eigenvalue weighted by Gasteiger charge is -2.10. The number of carboxylic acid groups (broad SMARTS) is 1. The number of nitrogens with two attached hydrogens (primary N) is 1. The maximum Gasteiger partial charge on any atom is 0.338 e. The number of benzene rings is 2. The number of rotatable bonds is 7. The van der Waals surface area contributed by atoms with Gasteiger partial charge in [-0.1, -0.05) is 30.3 Å². The minimum atomic E-state index is -1.10. The Labute approximate surface area is 184 Å². The third-order valence-electron chi connectivity index (χ3n) is 5.32. The molecule has 0 saturated carbocycles. The maximum absolute atomic E-state index is 13.4. The van der Waals surface area contributed by atoms with Crippen molar-refractivity contribution in [1.29, 1.82) is 0 Å². The molecule has 7 nitrogen and oxygen atoms in total. The molecule has 0 saturated heterocycles. The van der Waals surface area contributed by atoms with Crippen molar-refractivity contribution in [3.8, 4) is 11.5 Å². The molecule has 0 atom stereocenters. The smallest absolute Gasteiger partial charge is 0.338 e. The van der Waals surface area contributed by atoms with Gasteiger partial charge < -0.3 is 24.7 Å². The molecule has 2 aromatic carbocycles. The number of pyridine rings is 1. The zero-order valence-electron chi connectivity index (χ0n) is 17.7. The molecular formula is C25H22N2O5. The molecule has 7 heteroatoms. The van der Waals surface area contributed by atoms with Gasteiger partial charge in [-0.15, -0.1) is 0 Å². The minimum absolute atomic E-state index is 0.0744. The molecule has 0 fully saturated rings. The largest absolute Gasteiger partial charge is 0.495 e. The number of aromatic carboxylic acids is 1. The molecule has 3 N–H and O–H groups in total. The van der Waals surface area contributed by atoms with Crippen LogP contribution in [-0.4, -0.2) is 28.4 Å². The van der Waals surface area contributed by atoms with E-state index in [1.54, 1.807) is 47.9 Å². The van der Waals surface area contributed by atoms with E-state index in [1.165, 1.54) is 7.11 Å². The van der Waals surface area contributed by atoms with E-state index in [-0.39, 0.29) is 17.0 Å². The fraction of sp³-hybridized carbons (Fsp3) is 0.120. The Hall–Kier alpha value is -4.26. The van der Waals surface area contributed by atoms with Gasteiger partial charge in [-0.25, -0.2) is 4.79 Å². The summed E-state index contributed by atoms with van der Waals surface area (Å²) in [5.74, 6) is -0.563. The molecule has 4 rings (SSSR count). The van der Waals surface area contributed by atoms with E-state index in [2.05, 4.69) is 0 Å². The molecule has 0 aliphatic heterocycles. The zero-order valence-corrected chi connectivity index (χ0v) is 17.7. The molecule has 0 spiro atoms. The van der Waals surface area contributed by atoms with Gasteiger partial charge in [-0.05, 0) is 48.4 Å². The Kier molecular flexibility index (Phi) is 5.55. The molecule has 0 radical (unpaired) electrons. The molecule has 0 aliphatic rings. The summed E-state index contributed by atoms with van der Waals surface area (Å²) in [5, 5.41) is 9.78. The number of methoxy groups -OCH3 is 1. The second kappa shape index (κ2) is 8.47. The lowest BCUT2D eigenvalue weighted by Crippen LogP contribution is -2.08. The van der Waals surface area contributed by atoms with Crippen LogP contribution in [0, 0.1) is 6.92 Å². The predicted molar refractivity (Wildman–Crippen MR) is 121 cm³/mol. The normalized spacial score (nSPS) is 10.8. The molecule has 0 unspecified atom stereocenters. The Morgan fingerprint density at radius 3 is 2.50 bits per heavy atom. The first kappa shape index (κ1) is 21.0. The van der Waals surface area contributed by atoms with Crippen molar-refractivity contribution >= 4 is 23.0 Å². The molecule has 0 aliphatic carbocycles. The average molecular weight is 430 g/mol. The lowest BCUT2D eigenvalue weighted by molar-refractivity contribution is 0.0698. The van der Waals surface area contributed by atoms with Gasteiger partial charge in [0.15, 0.2) is 0 Å². The van der Waals surface area contributed by atoms with Crippen LogP contribution in [0.3, 0.4) is 0 Å². The van der Waals surface area contributed by atoms with Crippen molar-refractivity contribution in [2.45, 2.75) is 13.5 Å². The Balaban J connectivity index is 1.80. The summed E-state index contributed by atoms with van der Waals surface area (Å²) in [6, 6.07) is 17.7. The molecule has 0 bridgehead atoms. The van der Waals surface area contributed by atoms with Crippen LogP contribution in [0.2, 0.25) is 0 Å². The van der Waals surface area contributed by atoms with E-state index in [4.69, 9.17) is 15.2 Å². The number of fused-ring (bicyclic) bond motifs is 1.